The molecule has 0 aromatic heterocycles. The zero-order valence-corrected chi connectivity index (χ0v) is 11.0. The highest BCUT2D eigenvalue weighted by Gasteiger charge is 2.07. The highest BCUT2D eigenvalue weighted by molar-refractivity contribution is 14.1. The van der Waals surface area contributed by atoms with Crippen molar-refractivity contribution in [3.8, 4) is 0 Å². The van der Waals surface area contributed by atoms with E-state index in [1.165, 1.54) is 0 Å². The number of ether oxygens (including phenoxy) is 1. The third-order valence-corrected chi connectivity index (χ3v) is 2.35. The van der Waals surface area contributed by atoms with Crippen LogP contribution in [0.3, 0.4) is 0 Å². The summed E-state index contributed by atoms with van der Waals surface area (Å²) in [7, 11) is 1.72. The Balaban J connectivity index is 2.25. The normalized spacial score (nSPS) is 11.9. The molecule has 0 heterocycles. The molecule has 6 heteroatoms. The standard InChI is InChI=1S/C10H14IN3O2/c1-12-14-9(11)13-10(15)16-7-8-5-3-2-4-6-8/h2-6,9,12,14H,7H2,1H3,(H,13,15). The summed E-state index contributed by atoms with van der Waals surface area (Å²) in [5.74, 6) is 0. The number of alkyl carbamates (subject to hydrolysis) is 1. The molecule has 0 aliphatic rings. The Kier molecular flexibility index (Phi) is 6.12. The fourth-order valence-corrected chi connectivity index (χ4v) is 1.60. The topological polar surface area (TPSA) is 62.4 Å². The zero-order chi connectivity index (χ0) is 11.8. The summed E-state index contributed by atoms with van der Waals surface area (Å²) in [6.45, 7) is 0.273. The Hall–Kier alpha value is -0.860. The van der Waals surface area contributed by atoms with Crippen molar-refractivity contribution in [1.82, 2.24) is 16.2 Å². The van der Waals surface area contributed by atoms with Crippen LogP contribution >= 0.6 is 22.6 Å². The van der Waals surface area contributed by atoms with E-state index in [2.05, 4.69) is 16.2 Å². The summed E-state index contributed by atoms with van der Waals surface area (Å²) in [5, 5.41) is 2.60. The maximum Gasteiger partial charge on any atom is 0.409 e. The highest BCUT2D eigenvalue weighted by Crippen LogP contribution is 2.01. The van der Waals surface area contributed by atoms with Gasteiger partial charge in [-0.1, -0.05) is 30.3 Å². The van der Waals surface area contributed by atoms with Crippen molar-refractivity contribution in [2.75, 3.05) is 7.05 Å². The van der Waals surface area contributed by atoms with E-state index in [0.29, 0.717) is 0 Å². The second-order valence-corrected chi connectivity index (χ2v) is 4.21. The lowest BCUT2D eigenvalue weighted by Gasteiger charge is -2.13. The van der Waals surface area contributed by atoms with E-state index in [-0.39, 0.29) is 10.8 Å². The molecule has 0 fully saturated rings. The molecule has 0 saturated heterocycles. The molecule has 16 heavy (non-hydrogen) atoms. The Morgan fingerprint density at radius 1 is 1.44 bits per heavy atom. The highest BCUT2D eigenvalue weighted by atomic mass is 127. The number of hydrogen-bond donors (Lipinski definition) is 3. The number of carbonyl (C=O) groups is 1. The van der Waals surface area contributed by atoms with Crippen molar-refractivity contribution in [3.05, 3.63) is 35.9 Å². The first-order chi connectivity index (χ1) is 7.72. The van der Waals surface area contributed by atoms with Crippen molar-refractivity contribution in [3.63, 3.8) is 0 Å². The molecule has 0 saturated carbocycles. The van der Waals surface area contributed by atoms with Gasteiger partial charge >= 0.3 is 6.09 Å². The van der Waals surface area contributed by atoms with Gasteiger partial charge in [-0.2, -0.15) is 0 Å². The second kappa shape index (κ2) is 7.42. The van der Waals surface area contributed by atoms with E-state index in [4.69, 9.17) is 4.74 Å². The molecular formula is C10H14IN3O2. The minimum atomic E-state index is -0.453. The van der Waals surface area contributed by atoms with Crippen LogP contribution in [0, 0.1) is 0 Å². The van der Waals surface area contributed by atoms with Gasteiger partial charge in [-0.15, -0.1) is 0 Å². The van der Waals surface area contributed by atoms with Crippen LogP contribution in [0.15, 0.2) is 30.3 Å². The summed E-state index contributed by atoms with van der Waals surface area (Å²) in [5.41, 5.74) is 6.48. The fourth-order valence-electron chi connectivity index (χ4n) is 1.03. The molecule has 0 radical (unpaired) electrons. The number of hydrazine groups is 1. The Morgan fingerprint density at radius 3 is 2.75 bits per heavy atom. The average molecular weight is 335 g/mol. The molecule has 0 aliphatic heterocycles. The largest absolute Gasteiger partial charge is 0.445 e. The number of alkyl halides is 1. The van der Waals surface area contributed by atoms with Crippen molar-refractivity contribution >= 4 is 28.7 Å². The van der Waals surface area contributed by atoms with E-state index in [1.807, 2.05) is 52.9 Å². The van der Waals surface area contributed by atoms with E-state index in [1.54, 1.807) is 7.05 Å². The van der Waals surface area contributed by atoms with Crippen molar-refractivity contribution in [2.24, 2.45) is 0 Å². The van der Waals surface area contributed by atoms with Gasteiger partial charge in [0.05, 0.1) is 0 Å². The maximum absolute atomic E-state index is 11.3. The van der Waals surface area contributed by atoms with Gasteiger partial charge in [0.25, 0.3) is 0 Å². The number of nitrogens with one attached hydrogen (secondary N) is 3. The van der Waals surface area contributed by atoms with Gasteiger partial charge in [0, 0.05) is 0 Å². The van der Waals surface area contributed by atoms with Crippen LogP contribution in [0.4, 0.5) is 4.79 Å². The first-order valence-corrected chi connectivity index (χ1v) is 6.00. The molecule has 1 amide bonds. The molecule has 1 aromatic rings. The van der Waals surface area contributed by atoms with E-state index >= 15 is 0 Å². The monoisotopic (exact) mass is 335 g/mol. The molecule has 0 spiro atoms. The van der Waals surface area contributed by atoms with E-state index in [9.17, 15) is 4.79 Å². The van der Waals surface area contributed by atoms with Crippen LogP contribution in [-0.4, -0.2) is 17.3 Å². The SMILES string of the molecule is CNNC(I)NC(=O)OCc1ccccc1. The summed E-state index contributed by atoms with van der Waals surface area (Å²) >= 11 is 2.03. The van der Waals surface area contributed by atoms with Crippen LogP contribution in [-0.2, 0) is 11.3 Å². The molecule has 3 N–H and O–H groups in total. The molecule has 0 aliphatic carbocycles. The third-order valence-electron chi connectivity index (χ3n) is 1.73. The minimum Gasteiger partial charge on any atom is -0.445 e. The quantitative estimate of drug-likeness (QED) is 0.250. The zero-order valence-electron chi connectivity index (χ0n) is 8.87. The predicted octanol–water partition coefficient (Wildman–Crippen LogP) is 1.36. The molecule has 1 aromatic carbocycles. The van der Waals surface area contributed by atoms with E-state index in [0.717, 1.165) is 5.56 Å². The molecule has 5 nitrogen and oxygen atoms in total. The molecule has 1 atom stereocenters. The van der Waals surface area contributed by atoms with Crippen LogP contribution in [0.2, 0.25) is 0 Å². The van der Waals surface area contributed by atoms with Gasteiger partial charge in [-0.3, -0.25) is 10.7 Å². The first kappa shape index (κ1) is 13.2. The van der Waals surface area contributed by atoms with Crippen molar-refractivity contribution < 1.29 is 9.53 Å². The van der Waals surface area contributed by atoms with Crippen LogP contribution in [0.25, 0.3) is 0 Å². The maximum atomic E-state index is 11.3. The fraction of sp³-hybridized carbons (Fsp3) is 0.300. The lowest BCUT2D eigenvalue weighted by molar-refractivity contribution is 0.137. The van der Waals surface area contributed by atoms with Gasteiger partial charge in [0.1, 0.15) is 10.8 Å². The minimum absolute atomic E-state index is 0.217. The van der Waals surface area contributed by atoms with Crippen LogP contribution in [0.5, 0.6) is 0 Å². The molecule has 1 rings (SSSR count). The third kappa shape index (κ3) is 5.29. The van der Waals surface area contributed by atoms with Crippen molar-refractivity contribution in [2.45, 2.75) is 10.8 Å². The predicted molar refractivity (Wildman–Crippen MR) is 69.8 cm³/mol. The Labute approximate surface area is 108 Å². The number of benzene rings is 1. The average Bonchev–Trinajstić information content (AvgIpc) is 2.28. The van der Waals surface area contributed by atoms with Crippen molar-refractivity contribution in [1.29, 1.82) is 0 Å². The van der Waals surface area contributed by atoms with Crippen LogP contribution in [0.1, 0.15) is 5.56 Å². The molecule has 88 valence electrons. The Morgan fingerprint density at radius 2 is 2.12 bits per heavy atom. The van der Waals surface area contributed by atoms with Gasteiger partial charge in [-0.05, 0) is 35.2 Å². The summed E-state index contributed by atoms with van der Waals surface area (Å²) in [6, 6.07) is 9.53. The number of halogens is 1. The molecule has 0 bridgehead atoms. The number of rotatable bonds is 5. The van der Waals surface area contributed by atoms with Gasteiger partial charge in [0.2, 0.25) is 0 Å². The number of carbonyl (C=O) groups excluding carboxylic acids is 1. The second-order valence-electron chi connectivity index (χ2n) is 2.96. The summed E-state index contributed by atoms with van der Waals surface area (Å²) in [6.07, 6.45) is -0.453. The van der Waals surface area contributed by atoms with Gasteiger partial charge in [-0.25, -0.2) is 10.2 Å². The van der Waals surface area contributed by atoms with E-state index < -0.39 is 6.09 Å². The molecule has 1 unspecified atom stereocenters. The van der Waals surface area contributed by atoms with Crippen LogP contribution < -0.4 is 16.2 Å². The number of hydrogen-bond acceptors (Lipinski definition) is 4. The number of amides is 1. The summed E-state index contributed by atoms with van der Waals surface area (Å²) in [4.78, 5) is 11.3. The Bertz CT molecular complexity index is 321. The molecular weight excluding hydrogens is 321 g/mol. The smallest absolute Gasteiger partial charge is 0.409 e. The first-order valence-electron chi connectivity index (χ1n) is 4.76. The van der Waals surface area contributed by atoms with Gasteiger partial charge < -0.3 is 4.74 Å². The lowest BCUT2D eigenvalue weighted by atomic mass is 10.2. The van der Waals surface area contributed by atoms with Gasteiger partial charge in [0.15, 0.2) is 0 Å². The summed E-state index contributed by atoms with van der Waals surface area (Å²) < 4.78 is 4.81. The lowest BCUT2D eigenvalue weighted by Crippen LogP contribution is -2.46.